The van der Waals surface area contributed by atoms with Crippen molar-refractivity contribution in [2.24, 2.45) is 5.10 Å². The number of alkyl halides is 3. The van der Waals surface area contributed by atoms with Crippen molar-refractivity contribution in [3.63, 3.8) is 0 Å². The number of fused-ring (bicyclic) bond motifs is 1. The average Bonchev–Trinajstić information content (AvgIpc) is 3.26. The first kappa shape index (κ1) is 23.7. The predicted molar refractivity (Wildman–Crippen MR) is 126 cm³/mol. The van der Waals surface area contributed by atoms with Gasteiger partial charge < -0.3 is 9.15 Å². The standard InChI is InChI=1S/C24H19BrF3N3O3/c1-3-14(2)22-30-20-10-6-16(25)12-19(20)23(32)31(22)29-13-18-9-11-21(33-18)15-4-7-17(8-5-15)34-24(26,27)28/h4-14H,3H2,1-2H3/t14-/m1/s1. The highest BCUT2D eigenvalue weighted by atomic mass is 79.9. The first-order valence-electron chi connectivity index (χ1n) is 10.4. The normalized spacial score (nSPS) is 13.0. The van der Waals surface area contributed by atoms with Gasteiger partial charge in [-0.2, -0.15) is 9.78 Å². The molecule has 2 heterocycles. The van der Waals surface area contributed by atoms with Gasteiger partial charge in [-0.25, -0.2) is 4.98 Å². The Bertz CT molecular complexity index is 1410. The molecule has 4 rings (SSSR count). The summed E-state index contributed by atoms with van der Waals surface area (Å²) >= 11 is 3.38. The first-order valence-corrected chi connectivity index (χ1v) is 11.2. The fourth-order valence-corrected chi connectivity index (χ4v) is 3.65. The summed E-state index contributed by atoms with van der Waals surface area (Å²) in [6, 6.07) is 13.9. The molecule has 2 aromatic carbocycles. The summed E-state index contributed by atoms with van der Waals surface area (Å²) in [5, 5.41) is 4.78. The third kappa shape index (κ3) is 5.22. The van der Waals surface area contributed by atoms with Crippen LogP contribution < -0.4 is 10.3 Å². The van der Waals surface area contributed by atoms with E-state index < -0.39 is 6.36 Å². The van der Waals surface area contributed by atoms with Crippen LogP contribution in [0, 0.1) is 0 Å². The molecule has 0 aliphatic rings. The first-order chi connectivity index (χ1) is 16.1. The second kappa shape index (κ2) is 9.46. The molecule has 0 spiro atoms. The van der Waals surface area contributed by atoms with Crippen LogP contribution in [-0.4, -0.2) is 22.2 Å². The van der Waals surface area contributed by atoms with E-state index in [9.17, 15) is 18.0 Å². The van der Waals surface area contributed by atoms with E-state index in [-0.39, 0.29) is 17.2 Å². The summed E-state index contributed by atoms with van der Waals surface area (Å²) in [5.41, 5.74) is 0.849. The second-order valence-electron chi connectivity index (χ2n) is 7.58. The summed E-state index contributed by atoms with van der Waals surface area (Å²) in [6.45, 7) is 3.97. The minimum absolute atomic E-state index is 0.0116. The Hall–Kier alpha value is -3.40. The molecule has 176 valence electrons. The number of ether oxygens (including phenoxy) is 1. The van der Waals surface area contributed by atoms with Crippen molar-refractivity contribution in [1.29, 1.82) is 0 Å². The number of nitrogens with zero attached hydrogens (tertiary/aromatic N) is 3. The van der Waals surface area contributed by atoms with Gasteiger partial charge >= 0.3 is 6.36 Å². The van der Waals surface area contributed by atoms with Gasteiger partial charge in [-0.1, -0.05) is 29.8 Å². The summed E-state index contributed by atoms with van der Waals surface area (Å²) < 4.78 is 48.7. The van der Waals surface area contributed by atoms with Crippen LogP contribution in [-0.2, 0) is 0 Å². The molecule has 0 N–H and O–H groups in total. The number of aromatic nitrogens is 2. The van der Waals surface area contributed by atoms with Gasteiger partial charge in [-0.05, 0) is 61.0 Å². The zero-order chi connectivity index (χ0) is 24.5. The smallest absolute Gasteiger partial charge is 0.455 e. The Balaban J connectivity index is 1.65. The van der Waals surface area contributed by atoms with Crippen molar-refractivity contribution in [2.75, 3.05) is 0 Å². The molecule has 4 aromatic rings. The molecule has 2 aromatic heterocycles. The van der Waals surface area contributed by atoms with Gasteiger partial charge in [0.1, 0.15) is 23.1 Å². The Morgan fingerprint density at radius 3 is 2.59 bits per heavy atom. The average molecular weight is 534 g/mol. The van der Waals surface area contributed by atoms with Crippen LogP contribution in [0.4, 0.5) is 13.2 Å². The lowest BCUT2D eigenvalue weighted by atomic mass is 10.1. The lowest BCUT2D eigenvalue weighted by Gasteiger charge is -2.13. The number of hydrogen-bond donors (Lipinski definition) is 0. The highest BCUT2D eigenvalue weighted by molar-refractivity contribution is 9.10. The molecule has 10 heteroatoms. The molecule has 6 nitrogen and oxygen atoms in total. The van der Waals surface area contributed by atoms with Gasteiger partial charge in [0.2, 0.25) is 0 Å². The zero-order valence-corrected chi connectivity index (χ0v) is 19.7. The van der Waals surface area contributed by atoms with E-state index in [4.69, 9.17) is 4.42 Å². The van der Waals surface area contributed by atoms with E-state index in [1.54, 1.807) is 24.3 Å². The summed E-state index contributed by atoms with van der Waals surface area (Å²) in [5.74, 6) is 0.988. The molecular formula is C24H19BrF3N3O3. The monoisotopic (exact) mass is 533 g/mol. The summed E-state index contributed by atoms with van der Waals surface area (Å²) in [4.78, 5) is 17.8. The number of hydrogen-bond acceptors (Lipinski definition) is 5. The van der Waals surface area contributed by atoms with E-state index >= 15 is 0 Å². The molecule has 0 aliphatic heterocycles. The number of furan rings is 1. The topological polar surface area (TPSA) is 69.6 Å². The van der Waals surface area contributed by atoms with Crippen molar-refractivity contribution < 1.29 is 22.3 Å². The Morgan fingerprint density at radius 2 is 1.91 bits per heavy atom. The minimum Gasteiger partial charge on any atom is -0.455 e. The van der Waals surface area contributed by atoms with Gasteiger partial charge in [-0.3, -0.25) is 4.79 Å². The zero-order valence-electron chi connectivity index (χ0n) is 18.1. The highest BCUT2D eigenvalue weighted by Gasteiger charge is 2.31. The van der Waals surface area contributed by atoms with Crippen LogP contribution >= 0.6 is 15.9 Å². The number of rotatable bonds is 6. The van der Waals surface area contributed by atoms with E-state index in [1.807, 2.05) is 19.9 Å². The van der Waals surface area contributed by atoms with Crippen LogP contribution in [0.2, 0.25) is 0 Å². The summed E-state index contributed by atoms with van der Waals surface area (Å²) in [6.07, 6.45) is -2.58. The maximum Gasteiger partial charge on any atom is 0.573 e. The van der Waals surface area contributed by atoms with E-state index in [0.29, 0.717) is 33.8 Å². The highest BCUT2D eigenvalue weighted by Crippen LogP contribution is 2.27. The maximum absolute atomic E-state index is 13.2. The minimum atomic E-state index is -4.75. The lowest BCUT2D eigenvalue weighted by molar-refractivity contribution is -0.274. The third-order valence-electron chi connectivity index (χ3n) is 5.19. The molecule has 0 amide bonds. The van der Waals surface area contributed by atoms with Gasteiger partial charge in [-0.15, -0.1) is 13.2 Å². The second-order valence-corrected chi connectivity index (χ2v) is 8.49. The Morgan fingerprint density at radius 1 is 1.18 bits per heavy atom. The van der Waals surface area contributed by atoms with Crippen molar-refractivity contribution in [3.8, 4) is 17.1 Å². The van der Waals surface area contributed by atoms with Gasteiger partial charge in [0.15, 0.2) is 0 Å². The summed E-state index contributed by atoms with van der Waals surface area (Å²) in [7, 11) is 0. The van der Waals surface area contributed by atoms with E-state index in [0.717, 1.165) is 10.9 Å². The third-order valence-corrected chi connectivity index (χ3v) is 5.68. The largest absolute Gasteiger partial charge is 0.573 e. The number of halogens is 4. The Labute approximate surface area is 200 Å². The quantitative estimate of drug-likeness (QED) is 0.258. The molecule has 0 aliphatic carbocycles. The number of benzene rings is 2. The van der Waals surface area contributed by atoms with Crippen molar-refractivity contribution >= 4 is 33.0 Å². The predicted octanol–water partition coefficient (Wildman–Crippen LogP) is 6.71. The molecule has 0 radical (unpaired) electrons. The van der Waals surface area contributed by atoms with E-state index in [1.165, 1.54) is 35.2 Å². The Kier molecular flexibility index (Phi) is 6.60. The molecule has 0 saturated heterocycles. The van der Waals surface area contributed by atoms with Crippen LogP contribution in [0.1, 0.15) is 37.8 Å². The maximum atomic E-state index is 13.2. The fourth-order valence-electron chi connectivity index (χ4n) is 3.29. The van der Waals surface area contributed by atoms with E-state index in [2.05, 4.69) is 30.8 Å². The van der Waals surface area contributed by atoms with Gasteiger partial charge in [0.25, 0.3) is 5.56 Å². The van der Waals surface area contributed by atoms with Gasteiger partial charge in [0.05, 0.1) is 17.1 Å². The van der Waals surface area contributed by atoms with Crippen LogP contribution in [0.25, 0.3) is 22.2 Å². The van der Waals surface area contributed by atoms with Gasteiger partial charge in [0, 0.05) is 16.0 Å². The van der Waals surface area contributed by atoms with Crippen LogP contribution in [0.15, 0.2) is 73.4 Å². The molecule has 34 heavy (non-hydrogen) atoms. The van der Waals surface area contributed by atoms with Crippen LogP contribution in [0.5, 0.6) is 5.75 Å². The van der Waals surface area contributed by atoms with Crippen molar-refractivity contribution in [1.82, 2.24) is 9.66 Å². The molecule has 1 atom stereocenters. The molecule has 0 saturated carbocycles. The van der Waals surface area contributed by atoms with Crippen molar-refractivity contribution in [3.05, 3.63) is 81.0 Å². The lowest BCUT2D eigenvalue weighted by Crippen LogP contribution is -2.23. The SMILES string of the molecule is CC[C@@H](C)c1nc2ccc(Br)cc2c(=O)n1N=Cc1ccc(-c2ccc(OC(F)(F)F)cc2)o1. The van der Waals surface area contributed by atoms with Crippen LogP contribution in [0.3, 0.4) is 0 Å². The molecule has 0 fully saturated rings. The molecule has 0 unspecified atom stereocenters. The molecule has 0 bridgehead atoms. The molecular weight excluding hydrogens is 515 g/mol. The van der Waals surface area contributed by atoms with Crippen molar-refractivity contribution in [2.45, 2.75) is 32.5 Å². The fraction of sp³-hybridized carbons (Fsp3) is 0.208.